The van der Waals surface area contributed by atoms with Gasteiger partial charge in [0, 0.05) is 25.9 Å². The van der Waals surface area contributed by atoms with Gasteiger partial charge in [-0.25, -0.2) is 0 Å². The Morgan fingerprint density at radius 2 is 1.63 bits per heavy atom. The van der Waals surface area contributed by atoms with Crippen LogP contribution in [-0.2, 0) is 14.3 Å². The van der Waals surface area contributed by atoms with Gasteiger partial charge < -0.3 is 14.8 Å². The number of hydrogen-bond acceptors (Lipinski definition) is 5. The quantitative estimate of drug-likeness (QED) is 0.575. The van der Waals surface area contributed by atoms with Crippen LogP contribution in [0.25, 0.3) is 5.57 Å². The zero-order valence-corrected chi connectivity index (χ0v) is 15.4. The summed E-state index contributed by atoms with van der Waals surface area (Å²) in [6, 6.07) is 16.4. The molecule has 0 spiro atoms. The van der Waals surface area contributed by atoms with E-state index in [2.05, 4.69) is 5.32 Å². The lowest BCUT2D eigenvalue weighted by molar-refractivity contribution is -0.136. The summed E-state index contributed by atoms with van der Waals surface area (Å²) in [4.78, 5) is 27.2. The highest BCUT2D eigenvalue weighted by Crippen LogP contribution is 2.30. The second kappa shape index (κ2) is 8.51. The molecular weight excluding hydrogens is 344 g/mol. The van der Waals surface area contributed by atoms with E-state index in [-0.39, 0.29) is 17.5 Å². The maximum atomic E-state index is 13.0. The molecule has 0 bridgehead atoms. The summed E-state index contributed by atoms with van der Waals surface area (Å²) in [5, 5.41) is 3.12. The summed E-state index contributed by atoms with van der Waals surface area (Å²) in [6.45, 7) is 0.800. The Labute approximate surface area is 158 Å². The first kappa shape index (κ1) is 18.7. The molecule has 0 radical (unpaired) electrons. The minimum absolute atomic E-state index is 0.286. The van der Waals surface area contributed by atoms with Crippen LogP contribution in [0.4, 0.5) is 5.69 Å². The second-order valence-corrected chi connectivity index (χ2v) is 6.08. The molecule has 2 aromatic rings. The average molecular weight is 366 g/mol. The second-order valence-electron chi connectivity index (χ2n) is 6.08. The molecule has 0 atom stereocenters. The van der Waals surface area contributed by atoms with Crippen molar-refractivity contribution in [1.29, 1.82) is 0 Å². The van der Waals surface area contributed by atoms with Crippen LogP contribution in [0.1, 0.15) is 12.0 Å². The number of methoxy groups -OCH3 is 2. The summed E-state index contributed by atoms with van der Waals surface area (Å²) in [6.07, 6.45) is 0.589. The number of carbonyl (C=O) groups excluding carboxylic acids is 2. The molecule has 0 saturated heterocycles. The molecule has 2 amide bonds. The molecule has 0 aliphatic carbocycles. The number of ether oxygens (including phenoxy) is 2. The Balaban J connectivity index is 1.94. The highest BCUT2D eigenvalue weighted by Gasteiger charge is 2.38. The van der Waals surface area contributed by atoms with Gasteiger partial charge in [0.2, 0.25) is 0 Å². The molecule has 0 saturated carbocycles. The first-order chi connectivity index (χ1) is 13.2. The van der Waals surface area contributed by atoms with Gasteiger partial charge in [-0.15, -0.1) is 0 Å². The molecule has 3 rings (SSSR count). The van der Waals surface area contributed by atoms with Crippen LogP contribution < -0.4 is 10.1 Å². The first-order valence-electron chi connectivity index (χ1n) is 8.71. The van der Waals surface area contributed by atoms with Gasteiger partial charge in [-0.2, -0.15) is 0 Å². The monoisotopic (exact) mass is 366 g/mol. The number of anilines is 1. The van der Waals surface area contributed by atoms with E-state index in [9.17, 15) is 9.59 Å². The molecule has 140 valence electrons. The van der Waals surface area contributed by atoms with Crippen molar-refractivity contribution >= 4 is 23.1 Å². The van der Waals surface area contributed by atoms with E-state index in [1.54, 1.807) is 38.5 Å². The summed E-state index contributed by atoms with van der Waals surface area (Å²) in [5.74, 6) is 0.0944. The Bertz CT molecular complexity index is 844. The van der Waals surface area contributed by atoms with E-state index in [1.165, 1.54) is 4.90 Å². The summed E-state index contributed by atoms with van der Waals surface area (Å²) >= 11 is 0. The minimum atomic E-state index is -0.328. The highest BCUT2D eigenvalue weighted by atomic mass is 16.5. The van der Waals surface area contributed by atoms with Crippen molar-refractivity contribution < 1.29 is 19.1 Å². The maximum Gasteiger partial charge on any atom is 0.278 e. The Hall–Kier alpha value is -3.12. The van der Waals surface area contributed by atoms with Crippen molar-refractivity contribution in [3.63, 3.8) is 0 Å². The van der Waals surface area contributed by atoms with Crippen LogP contribution in [0.5, 0.6) is 5.75 Å². The molecule has 2 aromatic carbocycles. The third kappa shape index (κ3) is 4.01. The Kier molecular flexibility index (Phi) is 5.88. The fourth-order valence-electron chi connectivity index (χ4n) is 2.95. The van der Waals surface area contributed by atoms with E-state index in [0.29, 0.717) is 42.1 Å². The molecule has 6 heteroatoms. The van der Waals surface area contributed by atoms with Crippen molar-refractivity contribution in [2.24, 2.45) is 0 Å². The first-order valence-corrected chi connectivity index (χ1v) is 8.71. The highest BCUT2D eigenvalue weighted by molar-refractivity contribution is 6.36. The number of hydrogen-bond donors (Lipinski definition) is 1. The van der Waals surface area contributed by atoms with Crippen molar-refractivity contribution in [2.45, 2.75) is 6.42 Å². The molecule has 1 aliphatic heterocycles. The van der Waals surface area contributed by atoms with Crippen molar-refractivity contribution in [2.75, 3.05) is 32.7 Å². The van der Waals surface area contributed by atoms with Gasteiger partial charge in [-0.3, -0.25) is 14.5 Å². The SMILES string of the molecule is COCCCN1C(=O)C(Nc2ccc(OC)cc2)=C(c2ccccc2)C1=O. The zero-order chi connectivity index (χ0) is 19.2. The van der Waals surface area contributed by atoms with E-state index < -0.39 is 0 Å². The predicted molar refractivity (Wildman–Crippen MR) is 103 cm³/mol. The molecule has 0 fully saturated rings. The van der Waals surface area contributed by atoms with E-state index in [4.69, 9.17) is 9.47 Å². The van der Waals surface area contributed by atoms with E-state index in [1.807, 2.05) is 30.3 Å². The van der Waals surface area contributed by atoms with Gasteiger partial charge in [0.25, 0.3) is 11.8 Å². The number of amides is 2. The molecule has 0 aromatic heterocycles. The molecule has 6 nitrogen and oxygen atoms in total. The number of benzene rings is 2. The standard InChI is InChI=1S/C21H22N2O4/c1-26-14-6-13-23-20(24)18(15-7-4-3-5-8-15)19(21(23)25)22-16-9-11-17(27-2)12-10-16/h3-5,7-12,22H,6,13-14H2,1-2H3. The Morgan fingerprint density at radius 1 is 0.926 bits per heavy atom. The van der Waals surface area contributed by atoms with Crippen molar-refractivity contribution in [3.05, 3.63) is 65.9 Å². The largest absolute Gasteiger partial charge is 0.497 e. The summed E-state index contributed by atoms with van der Waals surface area (Å²) in [5.41, 5.74) is 2.09. The lowest BCUT2D eigenvalue weighted by Crippen LogP contribution is -2.33. The summed E-state index contributed by atoms with van der Waals surface area (Å²) < 4.78 is 10.2. The van der Waals surface area contributed by atoms with Crippen LogP contribution >= 0.6 is 0 Å². The maximum absolute atomic E-state index is 13.0. The normalized spacial score (nSPS) is 14.1. The molecule has 1 aliphatic rings. The number of carbonyl (C=O) groups is 2. The smallest absolute Gasteiger partial charge is 0.278 e. The molecule has 1 N–H and O–H groups in total. The van der Waals surface area contributed by atoms with Crippen LogP contribution in [-0.4, -0.2) is 44.1 Å². The van der Waals surface area contributed by atoms with Crippen LogP contribution in [0.3, 0.4) is 0 Å². The number of imide groups is 1. The average Bonchev–Trinajstić information content (AvgIpc) is 2.93. The molecule has 0 unspecified atom stereocenters. The minimum Gasteiger partial charge on any atom is -0.497 e. The van der Waals surface area contributed by atoms with Crippen LogP contribution in [0, 0.1) is 0 Å². The van der Waals surface area contributed by atoms with Gasteiger partial charge in [0.1, 0.15) is 11.4 Å². The van der Waals surface area contributed by atoms with Crippen LogP contribution in [0.2, 0.25) is 0 Å². The van der Waals surface area contributed by atoms with Gasteiger partial charge >= 0.3 is 0 Å². The molecular formula is C21H22N2O4. The van der Waals surface area contributed by atoms with Gasteiger partial charge in [-0.05, 0) is 36.2 Å². The third-order valence-electron chi connectivity index (χ3n) is 4.32. The lowest BCUT2D eigenvalue weighted by atomic mass is 10.0. The van der Waals surface area contributed by atoms with Gasteiger partial charge in [0.15, 0.2) is 0 Å². The third-order valence-corrected chi connectivity index (χ3v) is 4.32. The topological polar surface area (TPSA) is 67.9 Å². The fraction of sp³-hybridized carbons (Fsp3) is 0.238. The van der Waals surface area contributed by atoms with Crippen LogP contribution in [0.15, 0.2) is 60.3 Å². The van der Waals surface area contributed by atoms with Crippen molar-refractivity contribution in [3.8, 4) is 5.75 Å². The van der Waals surface area contributed by atoms with Crippen molar-refractivity contribution in [1.82, 2.24) is 4.90 Å². The summed E-state index contributed by atoms with van der Waals surface area (Å²) in [7, 11) is 3.19. The van der Waals surface area contributed by atoms with E-state index in [0.717, 1.165) is 0 Å². The number of nitrogens with zero attached hydrogens (tertiary/aromatic N) is 1. The Morgan fingerprint density at radius 3 is 2.26 bits per heavy atom. The molecule has 1 heterocycles. The number of rotatable bonds is 8. The fourth-order valence-corrected chi connectivity index (χ4v) is 2.95. The number of nitrogens with one attached hydrogen (secondary N) is 1. The molecule has 27 heavy (non-hydrogen) atoms. The zero-order valence-electron chi connectivity index (χ0n) is 15.4. The van der Waals surface area contributed by atoms with Gasteiger partial charge in [0.05, 0.1) is 12.7 Å². The van der Waals surface area contributed by atoms with E-state index >= 15 is 0 Å². The predicted octanol–water partition coefficient (Wildman–Crippen LogP) is 2.92. The lowest BCUT2D eigenvalue weighted by Gasteiger charge is -2.15. The van der Waals surface area contributed by atoms with Gasteiger partial charge in [-0.1, -0.05) is 30.3 Å².